The number of halogens is 1. The molecule has 0 spiro atoms. The number of amides is 1. The summed E-state index contributed by atoms with van der Waals surface area (Å²) < 4.78 is 23.8. The third-order valence-corrected chi connectivity index (χ3v) is 2.73. The van der Waals surface area contributed by atoms with Crippen LogP contribution in [0, 0.1) is 5.82 Å². The van der Waals surface area contributed by atoms with Crippen molar-refractivity contribution >= 4 is 5.91 Å². The third-order valence-electron chi connectivity index (χ3n) is 2.73. The lowest BCUT2D eigenvalue weighted by atomic mass is 10.1. The molecule has 2 N–H and O–H groups in total. The molecule has 20 heavy (non-hydrogen) atoms. The molecule has 0 aromatic heterocycles. The van der Waals surface area contributed by atoms with E-state index in [1.165, 1.54) is 20.3 Å². The summed E-state index contributed by atoms with van der Waals surface area (Å²) in [6.07, 6.45) is 1.03. The lowest BCUT2D eigenvalue weighted by molar-refractivity contribution is 0.0949. The summed E-state index contributed by atoms with van der Waals surface area (Å²) in [5.74, 6) is -0.530. The normalized spacial score (nSPS) is 10.2. The highest BCUT2D eigenvalue weighted by Gasteiger charge is 2.16. The molecule has 0 unspecified atom stereocenters. The predicted octanol–water partition coefficient (Wildman–Crippen LogP) is 1.57. The second-order valence-corrected chi connectivity index (χ2v) is 4.19. The van der Waals surface area contributed by atoms with Crippen LogP contribution in [0.5, 0.6) is 11.5 Å². The molecule has 0 aliphatic heterocycles. The molecular formula is C14H21FN2O3. The van der Waals surface area contributed by atoms with Gasteiger partial charge in [0.25, 0.3) is 5.91 Å². The third kappa shape index (κ3) is 4.38. The Balaban J connectivity index is 2.68. The Kier molecular flexibility index (Phi) is 6.79. The molecule has 0 aliphatic rings. The number of methoxy groups -OCH3 is 2. The average Bonchev–Trinajstić information content (AvgIpc) is 2.46. The number of hydrogen-bond acceptors (Lipinski definition) is 4. The van der Waals surface area contributed by atoms with Crippen LogP contribution in [-0.2, 0) is 0 Å². The Morgan fingerprint density at radius 1 is 1.15 bits per heavy atom. The van der Waals surface area contributed by atoms with Crippen molar-refractivity contribution in [2.45, 2.75) is 13.3 Å². The van der Waals surface area contributed by atoms with Gasteiger partial charge in [-0.05, 0) is 19.0 Å². The molecule has 1 aromatic carbocycles. The van der Waals surface area contributed by atoms with Crippen molar-refractivity contribution in [3.05, 3.63) is 23.5 Å². The van der Waals surface area contributed by atoms with Crippen LogP contribution in [0.3, 0.4) is 0 Å². The molecule has 1 rings (SSSR count). The summed E-state index contributed by atoms with van der Waals surface area (Å²) in [7, 11) is 2.85. The minimum absolute atomic E-state index is 0.0573. The van der Waals surface area contributed by atoms with Crippen molar-refractivity contribution in [3.8, 4) is 11.5 Å². The lowest BCUT2D eigenvalue weighted by Gasteiger charge is -2.11. The second-order valence-electron chi connectivity index (χ2n) is 4.19. The molecule has 0 fully saturated rings. The van der Waals surface area contributed by atoms with Crippen LogP contribution in [0.4, 0.5) is 4.39 Å². The van der Waals surface area contributed by atoms with Crippen LogP contribution >= 0.6 is 0 Å². The van der Waals surface area contributed by atoms with Crippen molar-refractivity contribution in [3.63, 3.8) is 0 Å². The number of carbonyl (C=O) groups is 1. The maximum Gasteiger partial charge on any atom is 0.254 e. The Labute approximate surface area is 118 Å². The second kappa shape index (κ2) is 8.37. The first-order valence-corrected chi connectivity index (χ1v) is 6.54. The molecular weight excluding hydrogens is 263 g/mol. The van der Waals surface area contributed by atoms with E-state index < -0.39 is 11.7 Å². The van der Waals surface area contributed by atoms with Crippen LogP contribution in [0.1, 0.15) is 23.7 Å². The summed E-state index contributed by atoms with van der Waals surface area (Å²) in [5, 5.41) is 5.79. The maximum atomic E-state index is 13.8. The van der Waals surface area contributed by atoms with Gasteiger partial charge in [-0.1, -0.05) is 6.92 Å². The smallest absolute Gasteiger partial charge is 0.254 e. The highest BCUT2D eigenvalue weighted by atomic mass is 19.1. The van der Waals surface area contributed by atoms with Gasteiger partial charge in [0.05, 0.1) is 19.8 Å². The SMILES string of the molecule is CCCNCCNC(=O)c1cc(OC)c(OC)cc1F. The molecule has 112 valence electrons. The van der Waals surface area contributed by atoms with Gasteiger partial charge in [-0.25, -0.2) is 4.39 Å². The number of hydrogen-bond donors (Lipinski definition) is 2. The van der Waals surface area contributed by atoms with Crippen molar-refractivity contribution < 1.29 is 18.7 Å². The summed E-state index contributed by atoms with van der Waals surface area (Å²) in [5.41, 5.74) is -0.0573. The molecule has 6 heteroatoms. The van der Waals surface area contributed by atoms with E-state index >= 15 is 0 Å². The predicted molar refractivity (Wildman–Crippen MR) is 75.0 cm³/mol. The van der Waals surface area contributed by atoms with Gasteiger partial charge >= 0.3 is 0 Å². The zero-order valence-electron chi connectivity index (χ0n) is 12.1. The van der Waals surface area contributed by atoms with E-state index in [0.717, 1.165) is 19.0 Å². The van der Waals surface area contributed by atoms with E-state index in [1.54, 1.807) is 0 Å². The van der Waals surface area contributed by atoms with Gasteiger partial charge in [0.1, 0.15) is 5.82 Å². The van der Waals surface area contributed by atoms with E-state index in [2.05, 4.69) is 17.6 Å². The Hall–Kier alpha value is -1.82. The molecule has 0 atom stereocenters. The number of nitrogens with one attached hydrogen (secondary N) is 2. The van der Waals surface area contributed by atoms with E-state index in [0.29, 0.717) is 18.8 Å². The molecule has 1 amide bonds. The molecule has 0 aliphatic carbocycles. The molecule has 5 nitrogen and oxygen atoms in total. The van der Waals surface area contributed by atoms with Crippen molar-refractivity contribution in [1.82, 2.24) is 10.6 Å². The fourth-order valence-electron chi connectivity index (χ4n) is 1.69. The monoisotopic (exact) mass is 284 g/mol. The highest BCUT2D eigenvalue weighted by Crippen LogP contribution is 2.29. The largest absolute Gasteiger partial charge is 0.493 e. The summed E-state index contributed by atoms with van der Waals surface area (Å²) >= 11 is 0. The fraction of sp³-hybridized carbons (Fsp3) is 0.500. The first-order chi connectivity index (χ1) is 9.63. The minimum Gasteiger partial charge on any atom is -0.493 e. The molecule has 1 aromatic rings. The minimum atomic E-state index is -0.637. The van der Waals surface area contributed by atoms with Gasteiger partial charge in [-0.15, -0.1) is 0 Å². The van der Waals surface area contributed by atoms with Crippen LogP contribution in [0.2, 0.25) is 0 Å². The van der Waals surface area contributed by atoms with Crippen molar-refractivity contribution in [2.75, 3.05) is 33.9 Å². The summed E-state index contributed by atoms with van der Waals surface area (Å²) in [6, 6.07) is 2.48. The lowest BCUT2D eigenvalue weighted by Crippen LogP contribution is -2.32. The number of carbonyl (C=O) groups excluding carboxylic acids is 1. The molecule has 0 bridgehead atoms. The van der Waals surface area contributed by atoms with Gasteiger partial charge in [0.15, 0.2) is 11.5 Å². The van der Waals surface area contributed by atoms with Gasteiger partial charge < -0.3 is 20.1 Å². The van der Waals surface area contributed by atoms with E-state index in [1.807, 2.05) is 0 Å². The quantitative estimate of drug-likeness (QED) is 0.711. The maximum absolute atomic E-state index is 13.8. The Bertz CT molecular complexity index is 452. The molecule has 0 heterocycles. The Morgan fingerprint density at radius 3 is 2.40 bits per heavy atom. The first-order valence-electron chi connectivity index (χ1n) is 6.54. The zero-order chi connectivity index (χ0) is 15.0. The summed E-state index contributed by atoms with van der Waals surface area (Å²) in [4.78, 5) is 11.9. The Morgan fingerprint density at radius 2 is 1.80 bits per heavy atom. The standard InChI is InChI=1S/C14H21FN2O3/c1-4-5-16-6-7-17-14(18)10-8-12(19-2)13(20-3)9-11(10)15/h8-9,16H,4-7H2,1-3H3,(H,17,18). The van der Waals surface area contributed by atoms with Crippen LogP contribution < -0.4 is 20.1 Å². The van der Waals surface area contributed by atoms with Gasteiger partial charge in [0, 0.05) is 19.2 Å². The average molecular weight is 284 g/mol. The molecule has 0 saturated heterocycles. The number of benzene rings is 1. The van der Waals surface area contributed by atoms with Gasteiger partial charge in [0.2, 0.25) is 0 Å². The van der Waals surface area contributed by atoms with E-state index in [4.69, 9.17) is 9.47 Å². The van der Waals surface area contributed by atoms with Gasteiger partial charge in [-0.2, -0.15) is 0 Å². The number of rotatable bonds is 8. The topological polar surface area (TPSA) is 59.6 Å². The van der Waals surface area contributed by atoms with Crippen LogP contribution in [-0.4, -0.2) is 39.8 Å². The zero-order valence-corrected chi connectivity index (χ0v) is 12.1. The van der Waals surface area contributed by atoms with E-state index in [-0.39, 0.29) is 11.3 Å². The van der Waals surface area contributed by atoms with Gasteiger partial charge in [-0.3, -0.25) is 4.79 Å². The first kappa shape index (κ1) is 16.2. The van der Waals surface area contributed by atoms with Crippen LogP contribution in [0.15, 0.2) is 12.1 Å². The number of ether oxygens (including phenoxy) is 2. The highest BCUT2D eigenvalue weighted by molar-refractivity contribution is 5.95. The fourth-order valence-corrected chi connectivity index (χ4v) is 1.69. The van der Waals surface area contributed by atoms with Crippen molar-refractivity contribution in [1.29, 1.82) is 0 Å². The summed E-state index contributed by atoms with van der Waals surface area (Å²) in [6.45, 7) is 4.03. The molecule has 0 saturated carbocycles. The molecule has 0 radical (unpaired) electrons. The van der Waals surface area contributed by atoms with Crippen molar-refractivity contribution in [2.24, 2.45) is 0 Å². The van der Waals surface area contributed by atoms with E-state index in [9.17, 15) is 9.18 Å². The van der Waals surface area contributed by atoms with Crippen LogP contribution in [0.25, 0.3) is 0 Å².